The SMILES string of the molecule is CCCCCCCCCC(CCC(=O)O)[N+](C)(C)C.Cc1ccc(S(=O)(=O)[O-])cc1. The number of hydrogen-bond donors (Lipinski definition) is 1. The fourth-order valence-electron chi connectivity index (χ4n) is 3.25. The van der Waals surface area contributed by atoms with E-state index in [1.807, 2.05) is 6.92 Å². The number of carbonyl (C=O) groups is 1. The summed E-state index contributed by atoms with van der Waals surface area (Å²) >= 11 is 0. The van der Waals surface area contributed by atoms with E-state index in [-0.39, 0.29) is 4.90 Å². The molecule has 0 aromatic heterocycles. The van der Waals surface area contributed by atoms with Gasteiger partial charge in [0.1, 0.15) is 10.1 Å². The van der Waals surface area contributed by atoms with Crippen LogP contribution in [0.15, 0.2) is 29.2 Å². The molecule has 1 atom stereocenters. The standard InChI is InChI=1S/C16H33NO2.C7H8O3S/c1-5-6-7-8-9-10-11-12-15(17(2,3)4)13-14-16(18)19;1-6-2-4-7(5-3-6)11(8,9)10/h15H,5-14H2,1-4H3;2-5H,1H3,(H,8,9,10). The van der Waals surface area contributed by atoms with Crippen LogP contribution in [0.2, 0.25) is 0 Å². The second-order valence-corrected chi connectivity index (χ2v) is 10.3. The van der Waals surface area contributed by atoms with Crippen LogP contribution in [0.4, 0.5) is 0 Å². The van der Waals surface area contributed by atoms with Gasteiger partial charge in [-0.1, -0.05) is 63.1 Å². The van der Waals surface area contributed by atoms with Gasteiger partial charge in [-0.3, -0.25) is 4.79 Å². The number of unbranched alkanes of at least 4 members (excludes halogenated alkanes) is 6. The number of carboxylic acids is 1. The number of benzene rings is 1. The average Bonchev–Trinajstić information content (AvgIpc) is 2.62. The van der Waals surface area contributed by atoms with E-state index in [9.17, 15) is 17.8 Å². The maximum absolute atomic E-state index is 10.7. The monoisotopic (exact) mass is 443 g/mol. The van der Waals surface area contributed by atoms with Crippen LogP contribution in [0.3, 0.4) is 0 Å². The van der Waals surface area contributed by atoms with E-state index in [0.717, 1.165) is 22.9 Å². The second-order valence-electron chi connectivity index (χ2n) is 8.88. The summed E-state index contributed by atoms with van der Waals surface area (Å²) in [5.41, 5.74) is 0.928. The van der Waals surface area contributed by atoms with Crippen molar-refractivity contribution >= 4 is 16.1 Å². The molecular formula is C23H41NO5S. The summed E-state index contributed by atoms with van der Waals surface area (Å²) in [7, 11) is 2.25. The maximum Gasteiger partial charge on any atom is 0.303 e. The zero-order valence-electron chi connectivity index (χ0n) is 19.4. The molecule has 30 heavy (non-hydrogen) atoms. The van der Waals surface area contributed by atoms with E-state index >= 15 is 0 Å². The Balaban J connectivity index is 0.000000642. The van der Waals surface area contributed by atoms with Gasteiger partial charge in [0.05, 0.1) is 38.5 Å². The van der Waals surface area contributed by atoms with Crippen molar-refractivity contribution in [3.63, 3.8) is 0 Å². The first kappa shape index (κ1) is 28.6. The Bertz CT molecular complexity index is 693. The molecule has 6 nitrogen and oxygen atoms in total. The molecule has 0 radical (unpaired) electrons. The first-order valence-corrected chi connectivity index (χ1v) is 12.3. The molecule has 0 heterocycles. The van der Waals surface area contributed by atoms with Gasteiger partial charge in [-0.15, -0.1) is 0 Å². The van der Waals surface area contributed by atoms with E-state index in [4.69, 9.17) is 5.11 Å². The molecule has 1 N–H and O–H groups in total. The van der Waals surface area contributed by atoms with Crippen molar-refractivity contribution in [1.82, 2.24) is 0 Å². The zero-order valence-corrected chi connectivity index (χ0v) is 20.2. The fraction of sp³-hybridized carbons (Fsp3) is 0.696. The fourth-order valence-corrected chi connectivity index (χ4v) is 3.72. The second kappa shape index (κ2) is 14.5. The highest BCUT2D eigenvalue weighted by Crippen LogP contribution is 2.18. The Morgan fingerprint density at radius 2 is 1.47 bits per heavy atom. The first-order valence-electron chi connectivity index (χ1n) is 10.9. The van der Waals surface area contributed by atoms with E-state index in [1.165, 1.54) is 57.1 Å². The Kier molecular flexibility index (Phi) is 13.8. The molecule has 0 aliphatic carbocycles. The molecule has 174 valence electrons. The van der Waals surface area contributed by atoms with Crippen molar-refractivity contribution in [2.45, 2.75) is 89.0 Å². The molecule has 7 heteroatoms. The third kappa shape index (κ3) is 14.5. The van der Waals surface area contributed by atoms with Gasteiger partial charge in [-0.05, 0) is 31.9 Å². The number of carboxylic acid groups (broad SMARTS) is 1. The van der Waals surface area contributed by atoms with Gasteiger partial charge in [0.25, 0.3) is 0 Å². The smallest absolute Gasteiger partial charge is 0.303 e. The summed E-state index contributed by atoms with van der Waals surface area (Å²) in [6.45, 7) is 4.06. The van der Waals surface area contributed by atoms with E-state index in [0.29, 0.717) is 12.5 Å². The minimum Gasteiger partial charge on any atom is -0.744 e. The van der Waals surface area contributed by atoms with Gasteiger partial charge in [0, 0.05) is 6.42 Å². The highest BCUT2D eigenvalue weighted by molar-refractivity contribution is 7.85. The van der Waals surface area contributed by atoms with Gasteiger partial charge in [0.15, 0.2) is 0 Å². The van der Waals surface area contributed by atoms with Crippen molar-refractivity contribution in [2.24, 2.45) is 0 Å². The van der Waals surface area contributed by atoms with Crippen molar-refractivity contribution in [1.29, 1.82) is 0 Å². The number of aryl methyl sites for hydroxylation is 1. The molecule has 0 bridgehead atoms. The largest absolute Gasteiger partial charge is 0.744 e. The minimum absolute atomic E-state index is 0.178. The van der Waals surface area contributed by atoms with Crippen molar-refractivity contribution in [2.75, 3.05) is 21.1 Å². The number of hydrogen-bond acceptors (Lipinski definition) is 4. The zero-order chi connectivity index (χ0) is 23.2. The lowest BCUT2D eigenvalue weighted by molar-refractivity contribution is -0.896. The highest BCUT2D eigenvalue weighted by atomic mass is 32.2. The number of rotatable bonds is 13. The van der Waals surface area contributed by atoms with Crippen LogP contribution >= 0.6 is 0 Å². The lowest BCUT2D eigenvalue weighted by Crippen LogP contribution is -2.45. The van der Waals surface area contributed by atoms with E-state index < -0.39 is 16.1 Å². The van der Waals surface area contributed by atoms with Crippen LogP contribution in [-0.2, 0) is 14.9 Å². The Morgan fingerprint density at radius 1 is 0.967 bits per heavy atom. The summed E-state index contributed by atoms with van der Waals surface area (Å²) in [6.07, 6.45) is 11.5. The average molecular weight is 444 g/mol. The topological polar surface area (TPSA) is 94.5 Å². The molecule has 0 spiro atoms. The lowest BCUT2D eigenvalue weighted by Gasteiger charge is -2.34. The Hall–Kier alpha value is -1.44. The number of quaternary nitrogens is 1. The van der Waals surface area contributed by atoms with Crippen LogP contribution < -0.4 is 0 Å². The summed E-state index contributed by atoms with van der Waals surface area (Å²) in [5, 5.41) is 8.81. The van der Waals surface area contributed by atoms with Crippen LogP contribution in [0.5, 0.6) is 0 Å². The van der Waals surface area contributed by atoms with Crippen LogP contribution in [0.1, 0.15) is 76.7 Å². The minimum atomic E-state index is -4.27. The predicted molar refractivity (Wildman–Crippen MR) is 120 cm³/mol. The summed E-state index contributed by atoms with van der Waals surface area (Å²) in [6, 6.07) is 6.26. The summed E-state index contributed by atoms with van der Waals surface area (Å²) in [4.78, 5) is 10.5. The van der Waals surface area contributed by atoms with Crippen LogP contribution in [0.25, 0.3) is 0 Å². The van der Waals surface area contributed by atoms with Crippen molar-refractivity contribution in [3.05, 3.63) is 29.8 Å². The summed E-state index contributed by atoms with van der Waals surface area (Å²) in [5.74, 6) is -0.669. The van der Waals surface area contributed by atoms with Crippen LogP contribution in [0, 0.1) is 6.92 Å². The Morgan fingerprint density at radius 3 is 1.90 bits per heavy atom. The molecule has 1 rings (SSSR count). The summed E-state index contributed by atoms with van der Waals surface area (Å²) < 4.78 is 32.0. The molecule has 0 fully saturated rings. The first-order chi connectivity index (χ1) is 13.9. The molecule has 0 saturated heterocycles. The maximum atomic E-state index is 10.7. The molecule has 0 amide bonds. The molecule has 1 aromatic carbocycles. The van der Waals surface area contributed by atoms with E-state index in [1.54, 1.807) is 12.1 Å². The molecular weight excluding hydrogens is 402 g/mol. The molecule has 1 unspecified atom stereocenters. The van der Waals surface area contributed by atoms with Gasteiger partial charge in [-0.25, -0.2) is 8.42 Å². The molecule has 0 aliphatic heterocycles. The molecule has 1 aromatic rings. The highest BCUT2D eigenvalue weighted by Gasteiger charge is 2.23. The number of aliphatic carboxylic acids is 1. The lowest BCUT2D eigenvalue weighted by atomic mass is 10.00. The van der Waals surface area contributed by atoms with Gasteiger partial charge >= 0.3 is 5.97 Å². The quantitative estimate of drug-likeness (QED) is 0.264. The normalized spacial score (nSPS) is 12.7. The van der Waals surface area contributed by atoms with Crippen molar-refractivity contribution < 1.29 is 27.4 Å². The van der Waals surface area contributed by atoms with Crippen molar-refractivity contribution in [3.8, 4) is 0 Å². The van der Waals surface area contributed by atoms with Gasteiger partial charge < -0.3 is 14.1 Å². The van der Waals surface area contributed by atoms with E-state index in [2.05, 4.69) is 28.1 Å². The third-order valence-electron chi connectivity index (χ3n) is 5.24. The molecule has 0 saturated carbocycles. The van der Waals surface area contributed by atoms with Gasteiger partial charge in [0.2, 0.25) is 0 Å². The van der Waals surface area contributed by atoms with Gasteiger partial charge in [-0.2, -0.15) is 0 Å². The molecule has 0 aliphatic rings. The predicted octanol–water partition coefficient (Wildman–Crippen LogP) is 4.97. The van der Waals surface area contributed by atoms with Crippen LogP contribution in [-0.4, -0.2) is 55.7 Å². The number of nitrogens with zero attached hydrogens (tertiary/aromatic N) is 1. The third-order valence-corrected chi connectivity index (χ3v) is 6.09. The Labute approximate surface area is 183 Å².